The molecule has 1 amide bonds. The predicted molar refractivity (Wildman–Crippen MR) is 130 cm³/mol. The van der Waals surface area contributed by atoms with Gasteiger partial charge >= 0.3 is 0 Å². The molecule has 1 aliphatic heterocycles. The highest BCUT2D eigenvalue weighted by molar-refractivity contribution is 7.17. The van der Waals surface area contributed by atoms with E-state index >= 15 is 0 Å². The van der Waals surface area contributed by atoms with Gasteiger partial charge < -0.3 is 19.7 Å². The van der Waals surface area contributed by atoms with Crippen LogP contribution in [0.25, 0.3) is 5.13 Å². The predicted octanol–water partition coefficient (Wildman–Crippen LogP) is 3.54. The molecule has 0 bridgehead atoms. The summed E-state index contributed by atoms with van der Waals surface area (Å²) in [5, 5.41) is 13.7. The zero-order valence-electron chi connectivity index (χ0n) is 19.6. The zero-order chi connectivity index (χ0) is 23.4. The van der Waals surface area contributed by atoms with Gasteiger partial charge in [0.25, 0.3) is 0 Å². The summed E-state index contributed by atoms with van der Waals surface area (Å²) < 4.78 is 12.8. The lowest BCUT2D eigenvalue weighted by Gasteiger charge is -2.30. The van der Waals surface area contributed by atoms with E-state index in [1.807, 2.05) is 18.2 Å². The van der Waals surface area contributed by atoms with E-state index in [0.717, 1.165) is 59.6 Å². The number of hydrogen-bond donors (Lipinski definition) is 1. The van der Waals surface area contributed by atoms with Crippen LogP contribution >= 0.6 is 11.3 Å². The number of aromatic nitrogens is 3. The van der Waals surface area contributed by atoms with Crippen LogP contribution in [0.15, 0.2) is 30.3 Å². The quantitative estimate of drug-likeness (QED) is 0.544. The summed E-state index contributed by atoms with van der Waals surface area (Å²) in [6, 6.07) is 10.0. The van der Waals surface area contributed by atoms with Gasteiger partial charge in [0.1, 0.15) is 0 Å². The van der Waals surface area contributed by atoms with E-state index in [1.165, 1.54) is 0 Å². The van der Waals surface area contributed by atoms with Crippen molar-refractivity contribution < 1.29 is 14.3 Å². The number of nitrogens with zero attached hydrogens (tertiary/aromatic N) is 4. The number of aryl methyl sites for hydroxylation is 2. The van der Waals surface area contributed by atoms with Crippen LogP contribution in [0.4, 0.5) is 5.13 Å². The fourth-order valence-electron chi connectivity index (χ4n) is 4.24. The molecule has 4 rings (SSSR count). The number of ether oxygens (including phenoxy) is 2. The molecule has 2 aromatic heterocycles. The summed E-state index contributed by atoms with van der Waals surface area (Å²) >= 11 is 1.60. The molecule has 1 N–H and O–H groups in total. The van der Waals surface area contributed by atoms with E-state index in [1.54, 1.807) is 25.6 Å². The summed E-state index contributed by atoms with van der Waals surface area (Å²) in [7, 11) is 3.25. The number of methoxy groups -OCH3 is 2. The standard InChI is InChI=1S/C24H31N5O3S/c1-16-5-6-17(2)29(16)24-27-26-23(33-24)28-13-10-19(11-14-28)22(30)25-12-9-18-7-8-20(31-3)21(15-18)32-4/h5-8,15,19H,9-14H2,1-4H3,(H,25,30). The molecule has 0 saturated carbocycles. The average Bonchev–Trinajstić information content (AvgIpc) is 3.45. The van der Waals surface area contributed by atoms with Gasteiger partial charge in [-0.25, -0.2) is 0 Å². The summed E-state index contributed by atoms with van der Waals surface area (Å²) in [5.74, 6) is 1.58. The van der Waals surface area contributed by atoms with E-state index < -0.39 is 0 Å². The van der Waals surface area contributed by atoms with Gasteiger partial charge in [-0.1, -0.05) is 17.4 Å². The number of nitrogens with one attached hydrogen (secondary N) is 1. The van der Waals surface area contributed by atoms with E-state index in [9.17, 15) is 4.79 Å². The van der Waals surface area contributed by atoms with Gasteiger partial charge in [0.2, 0.25) is 16.2 Å². The smallest absolute Gasteiger partial charge is 0.223 e. The van der Waals surface area contributed by atoms with E-state index in [-0.39, 0.29) is 11.8 Å². The summed E-state index contributed by atoms with van der Waals surface area (Å²) in [4.78, 5) is 14.9. The number of carbonyl (C=O) groups excluding carboxylic acids is 1. The number of anilines is 1. The molecular formula is C24H31N5O3S. The molecule has 0 aliphatic carbocycles. The molecule has 3 heterocycles. The Hall–Kier alpha value is -3.07. The molecular weight excluding hydrogens is 438 g/mol. The number of hydrogen-bond acceptors (Lipinski definition) is 7. The van der Waals surface area contributed by atoms with Crippen molar-refractivity contribution in [1.82, 2.24) is 20.1 Å². The minimum atomic E-state index is 0.0352. The van der Waals surface area contributed by atoms with Crippen LogP contribution in [0, 0.1) is 19.8 Å². The SMILES string of the molecule is COc1ccc(CCNC(=O)C2CCN(c3nnc(-n4c(C)ccc4C)s3)CC2)cc1OC. The summed E-state index contributed by atoms with van der Waals surface area (Å²) in [6.45, 7) is 6.37. The lowest BCUT2D eigenvalue weighted by atomic mass is 9.96. The maximum Gasteiger partial charge on any atom is 0.223 e. The van der Waals surface area contributed by atoms with E-state index in [4.69, 9.17) is 9.47 Å². The Balaban J connectivity index is 1.26. The highest BCUT2D eigenvalue weighted by atomic mass is 32.1. The second-order valence-electron chi connectivity index (χ2n) is 8.31. The maximum atomic E-state index is 12.7. The van der Waals surface area contributed by atoms with Gasteiger partial charge in [-0.3, -0.25) is 9.36 Å². The Bertz CT molecular complexity index is 1080. The van der Waals surface area contributed by atoms with Gasteiger partial charge in [0.05, 0.1) is 14.2 Å². The molecule has 1 aliphatic rings. The number of amides is 1. The Morgan fingerprint density at radius 2 is 1.70 bits per heavy atom. The highest BCUT2D eigenvalue weighted by Crippen LogP contribution is 2.30. The number of benzene rings is 1. The van der Waals surface area contributed by atoms with Gasteiger partial charge in [0, 0.05) is 36.9 Å². The van der Waals surface area contributed by atoms with Crippen molar-refractivity contribution in [3.8, 4) is 16.6 Å². The van der Waals surface area contributed by atoms with Gasteiger partial charge in [0.15, 0.2) is 11.5 Å². The third-order valence-electron chi connectivity index (χ3n) is 6.16. The van der Waals surface area contributed by atoms with Crippen LogP contribution < -0.4 is 19.7 Å². The summed E-state index contributed by atoms with van der Waals surface area (Å²) in [6.07, 6.45) is 2.38. The Kier molecular flexibility index (Phi) is 7.17. The first kappa shape index (κ1) is 23.1. The minimum absolute atomic E-state index is 0.0352. The maximum absolute atomic E-state index is 12.7. The van der Waals surface area contributed by atoms with E-state index in [0.29, 0.717) is 18.0 Å². The Morgan fingerprint density at radius 1 is 1.03 bits per heavy atom. The van der Waals surface area contributed by atoms with Crippen molar-refractivity contribution in [3.63, 3.8) is 0 Å². The average molecular weight is 470 g/mol. The molecule has 9 heteroatoms. The van der Waals surface area contributed by atoms with Crippen LogP contribution in [-0.2, 0) is 11.2 Å². The molecule has 0 spiro atoms. The molecule has 1 aromatic carbocycles. The molecule has 3 aromatic rings. The molecule has 0 radical (unpaired) electrons. The highest BCUT2D eigenvalue weighted by Gasteiger charge is 2.26. The molecule has 8 nitrogen and oxygen atoms in total. The van der Waals surface area contributed by atoms with Crippen molar-refractivity contribution in [2.45, 2.75) is 33.1 Å². The third-order valence-corrected chi connectivity index (χ3v) is 7.13. The topological polar surface area (TPSA) is 81.5 Å². The van der Waals surface area contributed by atoms with Gasteiger partial charge in [-0.05, 0) is 62.9 Å². The lowest BCUT2D eigenvalue weighted by Crippen LogP contribution is -2.41. The summed E-state index contributed by atoms with van der Waals surface area (Å²) in [5.41, 5.74) is 3.40. The fraction of sp³-hybridized carbons (Fsp3) is 0.458. The minimum Gasteiger partial charge on any atom is -0.493 e. The molecule has 1 saturated heterocycles. The van der Waals surface area contributed by atoms with Crippen LogP contribution in [0.5, 0.6) is 11.5 Å². The lowest BCUT2D eigenvalue weighted by molar-refractivity contribution is -0.125. The molecule has 176 valence electrons. The third kappa shape index (κ3) is 5.13. The number of carbonyl (C=O) groups is 1. The van der Waals surface area contributed by atoms with Crippen molar-refractivity contribution in [2.75, 3.05) is 38.8 Å². The number of piperidine rings is 1. The monoisotopic (exact) mass is 469 g/mol. The number of rotatable bonds is 8. The molecule has 33 heavy (non-hydrogen) atoms. The second-order valence-corrected chi connectivity index (χ2v) is 9.24. The van der Waals surface area contributed by atoms with Crippen LogP contribution in [0.1, 0.15) is 29.8 Å². The van der Waals surface area contributed by atoms with Crippen molar-refractivity contribution in [1.29, 1.82) is 0 Å². The van der Waals surface area contributed by atoms with Crippen molar-refractivity contribution >= 4 is 22.4 Å². The Labute approximate surface area is 198 Å². The normalized spacial score (nSPS) is 14.4. The van der Waals surface area contributed by atoms with Crippen molar-refractivity contribution in [2.24, 2.45) is 5.92 Å². The largest absolute Gasteiger partial charge is 0.493 e. The fourth-order valence-corrected chi connectivity index (χ4v) is 5.26. The zero-order valence-corrected chi connectivity index (χ0v) is 20.4. The molecule has 0 unspecified atom stereocenters. The molecule has 0 atom stereocenters. The first-order chi connectivity index (χ1) is 16.0. The van der Waals surface area contributed by atoms with Crippen LogP contribution in [0.3, 0.4) is 0 Å². The van der Waals surface area contributed by atoms with Crippen LogP contribution in [0.2, 0.25) is 0 Å². The van der Waals surface area contributed by atoms with E-state index in [2.05, 4.69) is 51.0 Å². The Morgan fingerprint density at radius 3 is 2.36 bits per heavy atom. The first-order valence-corrected chi connectivity index (χ1v) is 12.0. The van der Waals surface area contributed by atoms with Gasteiger partial charge in [-0.15, -0.1) is 10.2 Å². The second kappa shape index (κ2) is 10.2. The molecule has 1 fully saturated rings. The van der Waals surface area contributed by atoms with Crippen LogP contribution in [-0.4, -0.2) is 54.5 Å². The first-order valence-electron chi connectivity index (χ1n) is 11.2. The van der Waals surface area contributed by atoms with Gasteiger partial charge in [-0.2, -0.15) is 0 Å². The van der Waals surface area contributed by atoms with Crippen molar-refractivity contribution in [3.05, 3.63) is 47.3 Å².